The molecule has 8 aliphatic rings. The molecule has 5 saturated carbocycles. The van der Waals surface area contributed by atoms with Crippen LogP contribution in [0.1, 0.15) is 487 Å². The molecule has 0 radical (unpaired) electrons. The number of carbonyl (C=O) groups excluding carboxylic acids is 14. The first-order valence-corrected chi connectivity index (χ1v) is 54.7. The maximum atomic E-state index is 12.0. The van der Waals surface area contributed by atoms with E-state index in [9.17, 15) is 67.1 Å². The van der Waals surface area contributed by atoms with E-state index in [4.69, 9.17) is 16.7 Å². The Labute approximate surface area is 877 Å². The zero-order chi connectivity index (χ0) is 96.9. The molecule has 0 bridgehead atoms. The lowest BCUT2D eigenvalue weighted by Gasteiger charge is -2.24. The van der Waals surface area contributed by atoms with Crippen molar-refractivity contribution in [1.29, 1.82) is 0 Å². The zero-order valence-electron chi connectivity index (χ0n) is 80.8. The molecule has 0 spiro atoms. The Bertz CT molecular complexity index is 2500. The minimum Gasteiger partial charge on any atom is -0.368 e. The number of rotatable bonds is 24. The van der Waals surface area contributed by atoms with E-state index >= 15 is 0 Å². The Balaban J connectivity index is -0.000000102. The summed E-state index contributed by atoms with van der Waals surface area (Å²) in [5.74, 6) is 2.19. The maximum Gasteiger partial charge on any atom is 0.343 e. The van der Waals surface area contributed by atoms with Crippen LogP contribution in [0.2, 0.25) is 0 Å². The van der Waals surface area contributed by atoms with E-state index in [0.717, 1.165) is 11.8 Å². The Morgan fingerprint density at radius 3 is 0.912 bits per heavy atom. The largest absolute Gasteiger partial charge is 0.368 e. The fourth-order valence-electron chi connectivity index (χ4n) is 14.4. The highest BCUT2D eigenvalue weighted by molar-refractivity contribution is 9.09. The average molecular weight is 2170 g/mol. The van der Waals surface area contributed by atoms with Gasteiger partial charge in [-0.15, -0.1) is 16.8 Å². The number of hydrogen-bond donors (Lipinski definition) is 11. The number of ketones is 3. The third-order valence-corrected chi connectivity index (χ3v) is 25.6. The van der Waals surface area contributed by atoms with Crippen molar-refractivity contribution in [3.63, 3.8) is 0 Å². The van der Waals surface area contributed by atoms with Crippen molar-refractivity contribution in [3.05, 3.63) is 0 Å². The number of amides is 9. The molecule has 0 aromatic carbocycles. The van der Waals surface area contributed by atoms with Crippen molar-refractivity contribution < 1.29 is 77.2 Å². The third kappa shape index (κ3) is 107. The van der Waals surface area contributed by atoms with Crippen molar-refractivity contribution >= 4 is 162 Å². The number of primary amides is 2. The van der Waals surface area contributed by atoms with Gasteiger partial charge in [-0.25, -0.2) is 16.1 Å². The number of thioether (sulfide) groups is 2. The number of carbonyl (C=O) groups is 14. The molecule has 33 heteroatoms. The topological polar surface area (TPSA) is 430 Å². The summed E-state index contributed by atoms with van der Waals surface area (Å²) in [6.45, 7) is 11.6. The predicted octanol–water partition coefficient (Wildman–Crippen LogP) is 24.7. The summed E-state index contributed by atoms with van der Waals surface area (Å²) in [6, 6.07) is -1.42. The molecule has 822 valence electrons. The van der Waals surface area contributed by atoms with E-state index in [1.165, 1.54) is 357 Å². The molecule has 0 aromatic rings. The molecule has 3 heterocycles. The summed E-state index contributed by atoms with van der Waals surface area (Å²) in [6.07, 6.45) is 78.5. The first kappa shape index (κ1) is 163. The normalized spacial score (nSPS) is 17.5. The highest BCUT2D eigenvalue weighted by Gasteiger charge is 2.38. The van der Waals surface area contributed by atoms with Gasteiger partial charge in [-0.2, -0.15) is 25.3 Å². The van der Waals surface area contributed by atoms with E-state index in [1.54, 1.807) is 20.9 Å². The summed E-state index contributed by atoms with van der Waals surface area (Å²) in [5.41, 5.74) is 17.9. The first-order valence-electron chi connectivity index (χ1n) is 49.0. The van der Waals surface area contributed by atoms with Crippen LogP contribution in [0.3, 0.4) is 0 Å². The minimum atomic E-state index is -0.654. The smallest absolute Gasteiger partial charge is 0.343 e. The lowest BCUT2D eigenvalue weighted by Crippen LogP contribution is -2.52. The number of nitrogens with two attached hydrogens (primary N) is 4. The summed E-state index contributed by atoms with van der Waals surface area (Å²) in [5, 5.41) is 16.4. The predicted molar refractivity (Wildman–Crippen MR) is 601 cm³/mol. The summed E-state index contributed by atoms with van der Waals surface area (Å²) >= 11 is 15.7. The van der Waals surface area contributed by atoms with Crippen LogP contribution in [0.5, 0.6) is 0 Å². The van der Waals surface area contributed by atoms with Crippen molar-refractivity contribution in [2.45, 2.75) is 505 Å². The number of nitrogens with zero attached hydrogens (tertiary/aromatic N) is 3. The summed E-state index contributed by atoms with van der Waals surface area (Å²) < 4.78 is 0. The molecule has 3 aliphatic heterocycles. The number of hydrazine groups is 1. The third-order valence-electron chi connectivity index (χ3n) is 22.1. The number of imide groups is 1. The van der Waals surface area contributed by atoms with Crippen molar-refractivity contribution in [2.75, 3.05) is 73.2 Å². The van der Waals surface area contributed by atoms with E-state index in [2.05, 4.69) is 95.0 Å². The van der Waals surface area contributed by atoms with Crippen molar-refractivity contribution in [3.8, 4) is 0 Å². The molecule has 2 unspecified atom stereocenters. The lowest BCUT2D eigenvalue weighted by atomic mass is 10.0. The molecule has 3 saturated heterocycles. The van der Waals surface area contributed by atoms with Gasteiger partial charge in [0.15, 0.2) is 5.12 Å². The zero-order valence-corrected chi connectivity index (χ0v) is 87.4. The van der Waals surface area contributed by atoms with E-state index in [1.807, 2.05) is 20.8 Å². The average Bonchev–Trinajstić information content (AvgIpc) is 1.72. The maximum absolute atomic E-state index is 12.0. The second-order valence-electron chi connectivity index (χ2n) is 33.1. The minimum absolute atomic E-state index is 0. The van der Waals surface area contributed by atoms with Gasteiger partial charge in [0.2, 0.25) is 41.4 Å². The van der Waals surface area contributed by atoms with Gasteiger partial charge >= 0.3 is 5.97 Å². The highest BCUT2D eigenvalue weighted by Crippen LogP contribution is 2.24. The second-order valence-corrected chi connectivity index (χ2v) is 37.0. The Morgan fingerprint density at radius 1 is 0.409 bits per heavy atom. The molecule has 9 amide bonds. The van der Waals surface area contributed by atoms with Gasteiger partial charge < -0.3 is 48.1 Å². The fraction of sp³-hybridized carbons (Fsp3) is 0.865. The van der Waals surface area contributed by atoms with Crippen LogP contribution < -0.4 is 44.5 Å². The highest BCUT2D eigenvalue weighted by atomic mass is 79.9. The number of likely N-dealkylation sites (tertiary alicyclic amines) is 1. The van der Waals surface area contributed by atoms with Crippen LogP contribution in [0.15, 0.2) is 0 Å². The van der Waals surface area contributed by atoms with E-state index in [0.29, 0.717) is 80.5 Å². The number of thiol groups is 2. The molecule has 137 heavy (non-hydrogen) atoms. The van der Waals surface area contributed by atoms with Gasteiger partial charge in [0.1, 0.15) is 34.8 Å². The van der Waals surface area contributed by atoms with Crippen LogP contribution in [0, 0.1) is 5.92 Å². The van der Waals surface area contributed by atoms with Crippen molar-refractivity contribution in [1.82, 2.24) is 36.3 Å². The lowest BCUT2D eigenvalue weighted by molar-refractivity contribution is -0.195. The monoisotopic (exact) mass is 2160 g/mol. The van der Waals surface area contributed by atoms with Gasteiger partial charge in [-0.3, -0.25) is 67.3 Å². The van der Waals surface area contributed by atoms with E-state index < -0.39 is 41.7 Å². The van der Waals surface area contributed by atoms with Crippen LogP contribution in [0.25, 0.3) is 0 Å². The van der Waals surface area contributed by atoms with Gasteiger partial charge in [0, 0.05) is 96.0 Å². The summed E-state index contributed by atoms with van der Waals surface area (Å²) in [7, 11) is 3.04. The first-order chi connectivity index (χ1) is 61.8. The fourth-order valence-corrected chi connectivity index (χ4v) is 16.4. The molecule has 5 aliphatic carbocycles. The Morgan fingerprint density at radius 2 is 0.686 bits per heavy atom. The molecular formula is C104H217Br2N11O16S4. The number of Topliss-reactive ketones (excluding diaryl/α,β-unsaturated/α-hetero) is 3. The molecule has 0 aromatic heterocycles. The number of hydrogen-bond acceptors (Lipinski definition) is 23. The number of alkyl halides is 2. The van der Waals surface area contributed by atoms with Crippen LogP contribution >= 0.6 is 80.6 Å². The number of nitrogens with one attached hydrogen (secondary N) is 4. The standard InChI is InChI=1S/C14H24N4O4S.C10H17BrN4O3.5C10H20.C6H6BrNO4.C6H10O2S.2C4H8OS.CH5N.9CH4.H3NO/c1-3-10(14(15)22)18-6-9(4-13(18)21)5-17-12(20)8-23-7-11(19)16-2;1-2-7(10(12)18)15-9(17)3-6(14-15)5-13-8(16)4-11;5*1-2-4-6-8-10-9-7-5-3-1;7-3-6(11)12-8-4(9)1-2-5(8)10;1-3-6(8)4-9-5(2)7;2*1-2-4(5)3-6;1-2;;;;;;;;;;1-2/h9-10H,3-8H2,1-2H3,(H2,15,22)(H,16,19)(H,17,20);6-7,14H,2-5H2,1H3,(H2,12,18)(H,13,16);5*1-10H2;1-3H2;3-4H2,1-2H3;2*6H,2-3H2,1H3;2H2,1H3;9*1H4;2H,1H2/t9?,10-;6?,7-;;;;;;;;;;;;;;;;;;;;/m11..................../s1. The quantitative estimate of drug-likeness (QED) is 0.0185. The molecule has 8 rings (SSSR count). The molecule has 27 nitrogen and oxygen atoms in total. The molecular weight excluding hydrogens is 1950 g/mol. The molecule has 8 fully saturated rings. The van der Waals surface area contributed by atoms with Gasteiger partial charge in [0.05, 0.1) is 28.6 Å². The Hall–Kier alpha value is -4.22. The number of halogens is 2. The van der Waals surface area contributed by atoms with Crippen LogP contribution in [-0.4, -0.2) is 193 Å². The number of hydroxylamine groups is 2. The Kier molecular flexibility index (Phi) is 148. The summed E-state index contributed by atoms with van der Waals surface area (Å²) in [4.78, 5) is 159. The van der Waals surface area contributed by atoms with Crippen LogP contribution in [0.4, 0.5) is 0 Å². The van der Waals surface area contributed by atoms with Gasteiger partial charge in [-0.05, 0) is 19.9 Å². The van der Waals surface area contributed by atoms with Crippen LogP contribution in [-0.2, 0) is 72.0 Å². The second kappa shape index (κ2) is 124. The van der Waals surface area contributed by atoms with Gasteiger partial charge in [0.25, 0.3) is 11.8 Å². The van der Waals surface area contributed by atoms with E-state index in [-0.39, 0.29) is 172 Å². The molecule has 4 atom stereocenters. The van der Waals surface area contributed by atoms with Gasteiger partial charge in [-0.1, -0.05) is 466 Å². The SMILES string of the molecule is C.C.C.C.C.C.C.C.C.C1CCCCCCCCC1.C1CCCCCCCCC1.C1CCCCCCCCC1.C1CCCCCCCCC1.C1CCCCCCCCC1.CCC(=O)CS.CCC(=O)CS.CCC(=O)CSC(C)=O.CC[C@H](C(N)=O)N1CC(CNC(=O)CSCC(=O)NC)CC1=O.CC[C@H](C(N)=O)N1NC(CNC(=O)CBr)CC1=O.CN.NO.O=C(CBr)ON1C(=O)CCC1=O. The van der Waals surface area contributed by atoms with Crippen molar-refractivity contribution in [2.24, 2.45) is 29.0 Å². The molecule has 13 N–H and O–H groups in total.